The highest BCUT2D eigenvalue weighted by atomic mass is 32.2. The van der Waals surface area contributed by atoms with Crippen molar-refractivity contribution in [2.75, 3.05) is 6.26 Å². The van der Waals surface area contributed by atoms with Gasteiger partial charge in [0.1, 0.15) is 5.75 Å². The van der Waals surface area contributed by atoms with Crippen molar-refractivity contribution < 1.29 is 17.9 Å². The predicted octanol–water partition coefficient (Wildman–Crippen LogP) is 3.87. The van der Waals surface area contributed by atoms with Crippen LogP contribution in [0.15, 0.2) is 23.1 Å². The molecule has 0 saturated carbocycles. The number of thioether (sulfide) groups is 1. The summed E-state index contributed by atoms with van der Waals surface area (Å²) in [6.45, 7) is 1.79. The number of para-hydroxylation sites is 1. The molecule has 0 aromatic heterocycles. The molecule has 0 N–H and O–H groups in total. The molecule has 0 aliphatic rings. The fraction of sp³-hybridized carbons (Fsp3) is 0.400. The summed E-state index contributed by atoms with van der Waals surface area (Å²) in [5.41, 5.74) is 0.569. The molecular formula is C10H11F3OS. The van der Waals surface area contributed by atoms with Gasteiger partial charge in [-0.15, -0.1) is 24.9 Å². The molecule has 15 heavy (non-hydrogen) atoms. The van der Waals surface area contributed by atoms with E-state index in [1.54, 1.807) is 31.4 Å². The van der Waals surface area contributed by atoms with Crippen LogP contribution in [0.25, 0.3) is 0 Å². The first-order valence-electron chi connectivity index (χ1n) is 4.39. The fourth-order valence-corrected chi connectivity index (χ4v) is 1.80. The molecule has 1 aromatic rings. The lowest BCUT2D eigenvalue weighted by Gasteiger charge is -2.15. The van der Waals surface area contributed by atoms with Crippen LogP contribution in [0.5, 0.6) is 5.75 Å². The molecule has 0 atom stereocenters. The molecule has 5 heteroatoms. The quantitative estimate of drug-likeness (QED) is 0.737. The molecule has 84 valence electrons. The zero-order valence-corrected chi connectivity index (χ0v) is 9.21. The highest BCUT2D eigenvalue weighted by molar-refractivity contribution is 7.98. The lowest BCUT2D eigenvalue weighted by molar-refractivity contribution is -0.275. The standard InChI is InChI=1S/C10H11F3OS/c1-3-7-5-4-6-8(15-2)9(7)14-10(11,12)13/h4-6H,3H2,1-2H3. The minimum Gasteiger partial charge on any atom is -0.404 e. The minimum atomic E-state index is -4.63. The fourth-order valence-electron chi connectivity index (χ4n) is 1.23. The maximum absolute atomic E-state index is 12.1. The van der Waals surface area contributed by atoms with Crippen molar-refractivity contribution in [3.63, 3.8) is 0 Å². The topological polar surface area (TPSA) is 9.23 Å². The summed E-state index contributed by atoms with van der Waals surface area (Å²) >= 11 is 1.24. The second-order valence-corrected chi connectivity index (χ2v) is 3.70. The van der Waals surface area contributed by atoms with Gasteiger partial charge in [0.05, 0.1) is 0 Å². The third-order valence-corrected chi connectivity index (χ3v) is 2.64. The Hall–Kier alpha value is -0.840. The molecule has 0 aliphatic heterocycles. The van der Waals surface area contributed by atoms with Crippen LogP contribution in [0.3, 0.4) is 0 Å². The summed E-state index contributed by atoms with van der Waals surface area (Å²) in [6.07, 6.45) is -2.40. The van der Waals surface area contributed by atoms with E-state index in [0.29, 0.717) is 16.9 Å². The smallest absolute Gasteiger partial charge is 0.404 e. The average molecular weight is 236 g/mol. The minimum absolute atomic E-state index is 0.0694. The van der Waals surface area contributed by atoms with Crippen molar-refractivity contribution in [2.24, 2.45) is 0 Å². The third-order valence-electron chi connectivity index (χ3n) is 1.88. The Labute approximate surface area is 90.6 Å². The molecule has 0 saturated heterocycles. The number of rotatable bonds is 3. The molecule has 0 radical (unpaired) electrons. The molecule has 0 aliphatic carbocycles. The number of ether oxygens (including phenoxy) is 1. The summed E-state index contributed by atoms with van der Waals surface area (Å²) < 4.78 is 40.5. The van der Waals surface area contributed by atoms with Gasteiger partial charge in [-0.1, -0.05) is 19.1 Å². The summed E-state index contributed by atoms with van der Waals surface area (Å²) in [4.78, 5) is 0.506. The molecule has 0 spiro atoms. The summed E-state index contributed by atoms with van der Waals surface area (Å²) in [7, 11) is 0. The van der Waals surface area contributed by atoms with Crippen molar-refractivity contribution in [3.05, 3.63) is 23.8 Å². The van der Waals surface area contributed by atoms with Gasteiger partial charge in [-0.05, 0) is 24.3 Å². The number of benzene rings is 1. The Bertz CT molecular complexity index is 314. The van der Waals surface area contributed by atoms with E-state index in [1.165, 1.54) is 11.8 Å². The van der Waals surface area contributed by atoms with Crippen molar-refractivity contribution >= 4 is 11.8 Å². The van der Waals surface area contributed by atoms with E-state index in [9.17, 15) is 13.2 Å². The molecule has 1 rings (SSSR count). The van der Waals surface area contributed by atoms with Crippen LogP contribution in [-0.2, 0) is 6.42 Å². The Morgan fingerprint density at radius 1 is 1.33 bits per heavy atom. The van der Waals surface area contributed by atoms with Crippen molar-refractivity contribution in [3.8, 4) is 5.75 Å². The summed E-state index contributed by atoms with van der Waals surface area (Å²) in [6, 6.07) is 4.99. The summed E-state index contributed by atoms with van der Waals surface area (Å²) in [5.74, 6) is -0.0694. The van der Waals surface area contributed by atoms with Crippen LogP contribution in [0.4, 0.5) is 13.2 Å². The van der Waals surface area contributed by atoms with Crippen molar-refractivity contribution in [1.29, 1.82) is 0 Å². The largest absolute Gasteiger partial charge is 0.573 e. The molecule has 0 unspecified atom stereocenters. The van der Waals surface area contributed by atoms with Gasteiger partial charge in [0, 0.05) is 4.90 Å². The van der Waals surface area contributed by atoms with Gasteiger partial charge in [0.2, 0.25) is 0 Å². The van der Waals surface area contributed by atoms with Gasteiger partial charge < -0.3 is 4.74 Å². The Morgan fingerprint density at radius 3 is 2.47 bits per heavy atom. The maximum Gasteiger partial charge on any atom is 0.573 e. The zero-order chi connectivity index (χ0) is 11.5. The first kappa shape index (κ1) is 12.2. The second-order valence-electron chi connectivity index (χ2n) is 2.85. The van der Waals surface area contributed by atoms with E-state index in [1.807, 2.05) is 0 Å². The second kappa shape index (κ2) is 4.79. The summed E-state index contributed by atoms with van der Waals surface area (Å²) in [5, 5.41) is 0. The molecule has 0 bridgehead atoms. The van der Waals surface area contributed by atoms with Crippen LogP contribution >= 0.6 is 11.8 Å². The van der Waals surface area contributed by atoms with E-state index in [-0.39, 0.29) is 5.75 Å². The molecule has 0 fully saturated rings. The van der Waals surface area contributed by atoms with Gasteiger partial charge in [-0.25, -0.2) is 0 Å². The number of hydrogen-bond acceptors (Lipinski definition) is 2. The predicted molar refractivity (Wildman–Crippen MR) is 54.3 cm³/mol. The molecule has 1 aromatic carbocycles. The molecule has 1 nitrogen and oxygen atoms in total. The van der Waals surface area contributed by atoms with E-state index < -0.39 is 6.36 Å². The van der Waals surface area contributed by atoms with E-state index >= 15 is 0 Å². The zero-order valence-electron chi connectivity index (χ0n) is 8.39. The van der Waals surface area contributed by atoms with Crippen LogP contribution in [0.2, 0.25) is 0 Å². The Balaban J connectivity index is 3.11. The number of aryl methyl sites for hydroxylation is 1. The van der Waals surface area contributed by atoms with Crippen molar-refractivity contribution in [1.82, 2.24) is 0 Å². The first-order chi connectivity index (χ1) is 6.98. The van der Waals surface area contributed by atoms with Crippen LogP contribution in [0.1, 0.15) is 12.5 Å². The van der Waals surface area contributed by atoms with Crippen LogP contribution in [0, 0.1) is 0 Å². The Kier molecular flexibility index (Phi) is 3.90. The highest BCUT2D eigenvalue weighted by Gasteiger charge is 2.32. The van der Waals surface area contributed by atoms with E-state index in [2.05, 4.69) is 4.74 Å². The number of halogens is 3. The number of alkyl halides is 3. The van der Waals surface area contributed by atoms with Gasteiger partial charge in [0.15, 0.2) is 0 Å². The van der Waals surface area contributed by atoms with Gasteiger partial charge in [-0.2, -0.15) is 0 Å². The van der Waals surface area contributed by atoms with Crippen molar-refractivity contribution in [2.45, 2.75) is 24.6 Å². The average Bonchev–Trinajstić information content (AvgIpc) is 2.16. The first-order valence-corrected chi connectivity index (χ1v) is 5.62. The van der Waals surface area contributed by atoms with Crippen LogP contribution < -0.4 is 4.74 Å². The SMILES string of the molecule is CCc1cccc(SC)c1OC(F)(F)F. The van der Waals surface area contributed by atoms with Gasteiger partial charge in [0.25, 0.3) is 0 Å². The Morgan fingerprint density at radius 2 is 2.00 bits per heavy atom. The van der Waals surface area contributed by atoms with Gasteiger partial charge >= 0.3 is 6.36 Å². The highest BCUT2D eigenvalue weighted by Crippen LogP contribution is 2.35. The monoisotopic (exact) mass is 236 g/mol. The molecule has 0 amide bonds. The molecular weight excluding hydrogens is 225 g/mol. The normalized spacial score (nSPS) is 11.5. The lowest BCUT2D eigenvalue weighted by Crippen LogP contribution is -2.18. The maximum atomic E-state index is 12.1. The van der Waals surface area contributed by atoms with Crippen LogP contribution in [-0.4, -0.2) is 12.6 Å². The van der Waals surface area contributed by atoms with E-state index in [0.717, 1.165) is 0 Å². The number of hydrogen-bond donors (Lipinski definition) is 0. The molecule has 0 heterocycles. The van der Waals surface area contributed by atoms with E-state index in [4.69, 9.17) is 0 Å². The van der Waals surface area contributed by atoms with Gasteiger partial charge in [-0.3, -0.25) is 0 Å². The lowest BCUT2D eigenvalue weighted by atomic mass is 10.1. The third kappa shape index (κ3) is 3.34.